The van der Waals surface area contributed by atoms with Crippen LogP contribution < -0.4 is 5.32 Å². The third-order valence-electron chi connectivity index (χ3n) is 5.02. The lowest BCUT2D eigenvalue weighted by atomic mass is 9.77. The van der Waals surface area contributed by atoms with Gasteiger partial charge in [0, 0.05) is 18.4 Å². The summed E-state index contributed by atoms with van der Waals surface area (Å²) in [5.74, 6) is 0.170. The van der Waals surface area contributed by atoms with E-state index in [-0.39, 0.29) is 23.5 Å². The van der Waals surface area contributed by atoms with Crippen molar-refractivity contribution in [1.29, 1.82) is 0 Å². The second-order valence-corrected chi connectivity index (χ2v) is 6.65. The fourth-order valence-electron chi connectivity index (χ4n) is 3.76. The van der Waals surface area contributed by atoms with Gasteiger partial charge in [0.05, 0.1) is 0 Å². The molecule has 0 aromatic heterocycles. The second kappa shape index (κ2) is 8.52. The van der Waals surface area contributed by atoms with Gasteiger partial charge in [-0.3, -0.25) is 9.59 Å². The van der Waals surface area contributed by atoms with Gasteiger partial charge in [-0.05, 0) is 58.7 Å². The summed E-state index contributed by atoms with van der Waals surface area (Å²) in [5.41, 5.74) is 0. The van der Waals surface area contributed by atoms with Crippen LogP contribution in [-0.4, -0.2) is 42.8 Å². The Bertz CT molecular complexity index is 351. The Balaban J connectivity index is 1.67. The molecule has 4 nitrogen and oxygen atoms in total. The van der Waals surface area contributed by atoms with Crippen molar-refractivity contribution < 1.29 is 9.59 Å². The molecule has 21 heavy (non-hydrogen) atoms. The lowest BCUT2D eigenvalue weighted by molar-refractivity contribution is -0.134. The number of hydrogen-bond donors (Lipinski definition) is 1. The maximum Gasteiger partial charge on any atom is 0.223 e. The van der Waals surface area contributed by atoms with Crippen LogP contribution in [0.5, 0.6) is 0 Å². The third-order valence-corrected chi connectivity index (χ3v) is 5.02. The average Bonchev–Trinajstić information content (AvgIpc) is 2.52. The van der Waals surface area contributed by atoms with E-state index in [0.717, 1.165) is 45.2 Å². The standard InChI is InChI=1S/C17H30N2O2/c1-14(20)15-8-3-4-9-16(15)17(21)18-10-7-13-19-11-5-2-6-12-19/h15-16H,2-13H2,1H3,(H,18,21)/t15-,16-/m0/s1. The van der Waals surface area contributed by atoms with Crippen LogP contribution in [0.2, 0.25) is 0 Å². The highest BCUT2D eigenvalue weighted by molar-refractivity contribution is 5.87. The zero-order valence-electron chi connectivity index (χ0n) is 13.4. The molecule has 120 valence electrons. The first-order chi connectivity index (χ1) is 10.2. The number of carbonyl (C=O) groups is 2. The van der Waals surface area contributed by atoms with E-state index in [1.165, 1.54) is 32.4 Å². The molecule has 2 fully saturated rings. The minimum Gasteiger partial charge on any atom is -0.356 e. The van der Waals surface area contributed by atoms with Gasteiger partial charge in [0.2, 0.25) is 5.91 Å². The van der Waals surface area contributed by atoms with E-state index in [9.17, 15) is 9.59 Å². The Kier molecular flexibility index (Phi) is 6.68. The Morgan fingerprint density at radius 1 is 1.00 bits per heavy atom. The Morgan fingerprint density at radius 2 is 1.67 bits per heavy atom. The second-order valence-electron chi connectivity index (χ2n) is 6.65. The van der Waals surface area contributed by atoms with Crippen LogP contribution in [0, 0.1) is 11.8 Å². The van der Waals surface area contributed by atoms with E-state index in [4.69, 9.17) is 0 Å². The molecule has 2 aliphatic rings. The molecule has 1 amide bonds. The van der Waals surface area contributed by atoms with Gasteiger partial charge in [-0.1, -0.05) is 19.3 Å². The molecule has 0 aromatic rings. The number of amides is 1. The average molecular weight is 294 g/mol. The summed E-state index contributed by atoms with van der Waals surface area (Å²) in [4.78, 5) is 26.4. The highest BCUT2D eigenvalue weighted by Gasteiger charge is 2.33. The van der Waals surface area contributed by atoms with Crippen molar-refractivity contribution in [3.8, 4) is 0 Å². The smallest absolute Gasteiger partial charge is 0.223 e. The van der Waals surface area contributed by atoms with Crippen LogP contribution in [0.1, 0.15) is 58.3 Å². The molecule has 2 rings (SSSR count). The van der Waals surface area contributed by atoms with Gasteiger partial charge >= 0.3 is 0 Å². The van der Waals surface area contributed by atoms with Gasteiger partial charge < -0.3 is 10.2 Å². The summed E-state index contributed by atoms with van der Waals surface area (Å²) < 4.78 is 0. The van der Waals surface area contributed by atoms with Gasteiger partial charge in [0.15, 0.2) is 0 Å². The molecule has 0 unspecified atom stereocenters. The summed E-state index contributed by atoms with van der Waals surface area (Å²) in [5, 5.41) is 3.06. The monoisotopic (exact) mass is 294 g/mol. The molecule has 1 N–H and O–H groups in total. The molecule has 1 heterocycles. The van der Waals surface area contributed by atoms with Crippen molar-refractivity contribution in [2.75, 3.05) is 26.2 Å². The molecular weight excluding hydrogens is 264 g/mol. The van der Waals surface area contributed by atoms with Gasteiger partial charge in [-0.2, -0.15) is 0 Å². The molecule has 1 saturated heterocycles. The Morgan fingerprint density at radius 3 is 2.33 bits per heavy atom. The van der Waals surface area contributed by atoms with Crippen LogP contribution in [-0.2, 0) is 9.59 Å². The molecule has 1 aliphatic carbocycles. The fraction of sp³-hybridized carbons (Fsp3) is 0.882. The van der Waals surface area contributed by atoms with Crippen molar-refractivity contribution in [3.63, 3.8) is 0 Å². The number of rotatable bonds is 6. The fourth-order valence-corrected chi connectivity index (χ4v) is 3.76. The molecular formula is C17H30N2O2. The van der Waals surface area contributed by atoms with E-state index < -0.39 is 0 Å². The first kappa shape index (κ1) is 16.5. The van der Waals surface area contributed by atoms with Crippen LogP contribution in [0.3, 0.4) is 0 Å². The SMILES string of the molecule is CC(=O)[C@@H]1CCCC[C@@H]1C(=O)NCCCN1CCCCC1. The zero-order valence-corrected chi connectivity index (χ0v) is 13.4. The van der Waals surface area contributed by atoms with Crippen LogP contribution >= 0.6 is 0 Å². The molecule has 2 atom stereocenters. The van der Waals surface area contributed by atoms with Crippen molar-refractivity contribution in [2.45, 2.75) is 58.3 Å². The number of hydrogen-bond acceptors (Lipinski definition) is 3. The van der Waals surface area contributed by atoms with Gasteiger partial charge in [-0.25, -0.2) is 0 Å². The van der Waals surface area contributed by atoms with E-state index in [0.29, 0.717) is 0 Å². The van der Waals surface area contributed by atoms with E-state index in [1.54, 1.807) is 6.92 Å². The topological polar surface area (TPSA) is 49.4 Å². The maximum absolute atomic E-state index is 12.3. The predicted molar refractivity (Wildman–Crippen MR) is 84.0 cm³/mol. The lowest BCUT2D eigenvalue weighted by Crippen LogP contribution is -2.40. The molecule has 1 saturated carbocycles. The minimum atomic E-state index is -0.0776. The van der Waals surface area contributed by atoms with Crippen LogP contribution in [0.15, 0.2) is 0 Å². The van der Waals surface area contributed by atoms with Crippen molar-refractivity contribution in [3.05, 3.63) is 0 Å². The largest absolute Gasteiger partial charge is 0.356 e. The summed E-state index contributed by atoms with van der Waals surface area (Å²) in [6, 6.07) is 0. The first-order valence-corrected chi connectivity index (χ1v) is 8.69. The molecule has 0 aromatic carbocycles. The first-order valence-electron chi connectivity index (χ1n) is 8.69. The number of carbonyl (C=O) groups excluding carboxylic acids is 2. The van der Waals surface area contributed by atoms with Crippen molar-refractivity contribution in [2.24, 2.45) is 11.8 Å². The van der Waals surface area contributed by atoms with Crippen LogP contribution in [0.4, 0.5) is 0 Å². The lowest BCUT2D eigenvalue weighted by Gasteiger charge is -2.29. The quantitative estimate of drug-likeness (QED) is 0.765. The summed E-state index contributed by atoms with van der Waals surface area (Å²) in [6.45, 7) is 5.89. The van der Waals surface area contributed by atoms with E-state index >= 15 is 0 Å². The number of nitrogens with zero attached hydrogens (tertiary/aromatic N) is 1. The predicted octanol–water partition coefficient (Wildman–Crippen LogP) is 2.37. The summed E-state index contributed by atoms with van der Waals surface area (Å²) in [6.07, 6.45) is 8.94. The summed E-state index contributed by atoms with van der Waals surface area (Å²) >= 11 is 0. The van der Waals surface area contributed by atoms with Crippen LogP contribution in [0.25, 0.3) is 0 Å². The molecule has 0 radical (unpaired) electrons. The minimum absolute atomic E-state index is 0.0409. The maximum atomic E-state index is 12.3. The third kappa shape index (κ3) is 5.10. The number of ketones is 1. The van der Waals surface area contributed by atoms with Crippen molar-refractivity contribution >= 4 is 11.7 Å². The molecule has 4 heteroatoms. The molecule has 1 aliphatic heterocycles. The van der Waals surface area contributed by atoms with E-state index in [2.05, 4.69) is 10.2 Å². The summed E-state index contributed by atoms with van der Waals surface area (Å²) in [7, 11) is 0. The Hall–Kier alpha value is -0.900. The van der Waals surface area contributed by atoms with Gasteiger partial charge in [-0.15, -0.1) is 0 Å². The number of nitrogens with one attached hydrogen (secondary N) is 1. The highest BCUT2D eigenvalue weighted by Crippen LogP contribution is 2.30. The van der Waals surface area contributed by atoms with Gasteiger partial charge in [0.1, 0.15) is 5.78 Å². The Labute approximate surface area is 128 Å². The van der Waals surface area contributed by atoms with E-state index in [1.807, 2.05) is 0 Å². The number of piperidine rings is 1. The number of likely N-dealkylation sites (tertiary alicyclic amines) is 1. The molecule has 0 spiro atoms. The normalized spacial score (nSPS) is 27.3. The van der Waals surface area contributed by atoms with Crippen molar-refractivity contribution in [1.82, 2.24) is 10.2 Å². The molecule has 0 bridgehead atoms. The number of Topliss-reactive ketones (excluding diaryl/α,β-unsaturated/α-hetero) is 1. The zero-order chi connectivity index (χ0) is 15.1. The highest BCUT2D eigenvalue weighted by atomic mass is 16.2. The van der Waals surface area contributed by atoms with Gasteiger partial charge in [0.25, 0.3) is 0 Å².